The van der Waals surface area contributed by atoms with Crippen LogP contribution < -0.4 is 37.3 Å². The molecule has 1 atom stereocenters. The molecule has 0 radical (unpaired) electrons. The number of fused-ring (bicyclic) bond motifs is 1. The molecule has 0 bridgehead atoms. The quantitative estimate of drug-likeness (QED) is 0.0875. The lowest BCUT2D eigenvalue weighted by Crippen LogP contribution is -2.26. The molecule has 20 heteroatoms. The Hall–Kier alpha value is -6.47. The molecule has 4 amide bonds. The first-order valence-corrected chi connectivity index (χ1v) is 19.3. The average molecular weight is 814 g/mol. The van der Waals surface area contributed by atoms with E-state index in [9.17, 15) is 19.2 Å². The van der Waals surface area contributed by atoms with Crippen molar-refractivity contribution in [3.63, 3.8) is 0 Å². The second kappa shape index (κ2) is 16.2. The van der Waals surface area contributed by atoms with Gasteiger partial charge in [0, 0.05) is 30.8 Å². The summed E-state index contributed by atoms with van der Waals surface area (Å²) in [5.74, 6) is -1.09. The van der Waals surface area contributed by atoms with Crippen LogP contribution in [0, 0.1) is 13.8 Å². The minimum Gasteiger partial charge on any atom is -0.491 e. The zero-order valence-electron chi connectivity index (χ0n) is 32.5. The van der Waals surface area contributed by atoms with Gasteiger partial charge < -0.3 is 35.8 Å². The van der Waals surface area contributed by atoms with E-state index in [1.54, 1.807) is 48.9 Å². The van der Waals surface area contributed by atoms with Crippen molar-refractivity contribution >= 4 is 69.2 Å². The zero-order valence-corrected chi connectivity index (χ0v) is 33.2. The minimum absolute atomic E-state index is 0.167. The van der Waals surface area contributed by atoms with Crippen LogP contribution in [0.15, 0.2) is 30.3 Å². The van der Waals surface area contributed by atoms with Gasteiger partial charge in [-0.1, -0.05) is 11.6 Å². The van der Waals surface area contributed by atoms with Crippen LogP contribution in [0.25, 0.3) is 22.1 Å². The number of anilines is 2. The van der Waals surface area contributed by atoms with Crippen molar-refractivity contribution in [3.8, 4) is 11.5 Å². The SMILES string of the molecule is CCn1nc(C)cc1C(=O)Nc1nc2cc(C(N)=O)cc(OCCCN)c2n1CCC[C@H]1COc2cc(C(N)=O)cc3nc(NC(=O)c4c(Cl)c(C)nn4CC)n1c23. The maximum atomic E-state index is 13.8. The Labute approximate surface area is 336 Å². The van der Waals surface area contributed by atoms with Gasteiger partial charge in [-0.15, -0.1) is 0 Å². The lowest BCUT2D eigenvalue weighted by molar-refractivity contribution is 0.0991. The van der Waals surface area contributed by atoms with Gasteiger partial charge in [0.1, 0.15) is 40.5 Å². The largest absolute Gasteiger partial charge is 0.491 e. The predicted molar refractivity (Wildman–Crippen MR) is 216 cm³/mol. The Kier molecular flexibility index (Phi) is 11.1. The molecule has 19 nitrogen and oxygen atoms in total. The van der Waals surface area contributed by atoms with Gasteiger partial charge in [0.2, 0.25) is 23.7 Å². The number of ether oxygens (including phenoxy) is 2. The number of aromatic nitrogens is 8. The third-order valence-corrected chi connectivity index (χ3v) is 10.4. The molecule has 8 N–H and O–H groups in total. The van der Waals surface area contributed by atoms with Crippen LogP contribution in [-0.4, -0.2) is 82.1 Å². The van der Waals surface area contributed by atoms with E-state index in [1.807, 2.05) is 23.0 Å². The first kappa shape index (κ1) is 39.8. The van der Waals surface area contributed by atoms with Crippen molar-refractivity contribution in [3.05, 3.63) is 69.3 Å². The fourth-order valence-corrected chi connectivity index (χ4v) is 7.43. The Morgan fingerprint density at radius 2 is 1.55 bits per heavy atom. The Balaban J connectivity index is 1.25. The predicted octanol–water partition coefficient (Wildman–Crippen LogP) is 3.93. The highest BCUT2D eigenvalue weighted by Gasteiger charge is 2.31. The number of carbonyl (C=O) groups is 4. The molecule has 2 aromatic carbocycles. The summed E-state index contributed by atoms with van der Waals surface area (Å²) >= 11 is 6.53. The number of nitrogens with two attached hydrogens (primary N) is 3. The van der Waals surface area contributed by atoms with Crippen LogP contribution in [-0.2, 0) is 19.6 Å². The maximum absolute atomic E-state index is 13.8. The lowest BCUT2D eigenvalue weighted by atomic mass is 10.1. The van der Waals surface area contributed by atoms with Gasteiger partial charge in [0.15, 0.2) is 0 Å². The van der Waals surface area contributed by atoms with Gasteiger partial charge in [-0.2, -0.15) is 10.2 Å². The number of nitrogens with zero attached hydrogens (tertiary/aromatic N) is 8. The molecule has 0 saturated heterocycles. The number of primary amides is 2. The third-order valence-electron chi connectivity index (χ3n) is 9.90. The van der Waals surface area contributed by atoms with Crippen LogP contribution in [0.3, 0.4) is 0 Å². The van der Waals surface area contributed by atoms with Crippen molar-refractivity contribution < 1.29 is 28.7 Å². The van der Waals surface area contributed by atoms with E-state index in [1.165, 1.54) is 4.68 Å². The summed E-state index contributed by atoms with van der Waals surface area (Å²) in [7, 11) is 0. The molecule has 7 rings (SSSR count). The normalized spacial score (nSPS) is 13.5. The van der Waals surface area contributed by atoms with Crippen molar-refractivity contribution in [2.45, 2.75) is 72.6 Å². The highest BCUT2D eigenvalue weighted by Crippen LogP contribution is 2.39. The van der Waals surface area contributed by atoms with E-state index in [0.29, 0.717) is 96.1 Å². The number of rotatable bonds is 16. The number of hydrogen-bond donors (Lipinski definition) is 5. The molecule has 0 aliphatic carbocycles. The van der Waals surface area contributed by atoms with Gasteiger partial charge in [-0.25, -0.2) is 9.97 Å². The first-order chi connectivity index (χ1) is 27.8. The van der Waals surface area contributed by atoms with E-state index < -0.39 is 23.6 Å². The van der Waals surface area contributed by atoms with Crippen molar-refractivity contribution in [2.24, 2.45) is 17.2 Å². The van der Waals surface area contributed by atoms with Crippen molar-refractivity contribution in [2.75, 3.05) is 30.4 Å². The molecule has 0 unspecified atom stereocenters. The van der Waals surface area contributed by atoms with Crippen LogP contribution in [0.4, 0.5) is 11.9 Å². The molecule has 1 aliphatic rings. The van der Waals surface area contributed by atoms with E-state index in [2.05, 4.69) is 20.8 Å². The van der Waals surface area contributed by atoms with E-state index in [4.69, 9.17) is 48.2 Å². The molecule has 58 heavy (non-hydrogen) atoms. The Bertz CT molecular complexity index is 2600. The van der Waals surface area contributed by atoms with E-state index in [0.717, 1.165) is 0 Å². The smallest absolute Gasteiger partial charge is 0.277 e. The summed E-state index contributed by atoms with van der Waals surface area (Å²) in [5, 5.41) is 14.9. The number of carbonyl (C=O) groups excluding carboxylic acids is 4. The summed E-state index contributed by atoms with van der Waals surface area (Å²) in [6.45, 7) is 9.29. The monoisotopic (exact) mass is 813 g/mol. The fraction of sp³-hybridized carbons (Fsp3) is 0.368. The first-order valence-electron chi connectivity index (χ1n) is 18.9. The second-order valence-corrected chi connectivity index (χ2v) is 14.2. The Morgan fingerprint density at radius 1 is 0.879 bits per heavy atom. The molecule has 4 aromatic heterocycles. The van der Waals surface area contributed by atoms with Crippen molar-refractivity contribution in [1.82, 2.24) is 38.7 Å². The molecular weight excluding hydrogens is 770 g/mol. The van der Waals surface area contributed by atoms with Gasteiger partial charge in [-0.3, -0.25) is 39.2 Å². The summed E-state index contributed by atoms with van der Waals surface area (Å²) in [6, 6.07) is 7.56. The number of nitrogens with one attached hydrogen (secondary N) is 2. The summed E-state index contributed by atoms with van der Waals surface area (Å²) in [5.41, 5.74) is 21.1. The topological polar surface area (TPSA) is 260 Å². The third kappa shape index (κ3) is 7.40. The standard InChI is InChI=1S/C38H44ClN13O6/c1-5-50-26(13-19(3)47-50)35(55)45-37-43-24-14-21(33(41)53)16-27(57-12-8-10-40)30(24)49(37)11-7-9-23-18-58-28-17-22(34(42)54)15-25-31(28)52(23)38(44-25)46-36(56)32-29(39)20(4)48-51(32)6-2/h13-17,23H,5-12,18,40H2,1-4H3,(H2,41,53)(H2,42,54)(H,43,45,55)(H,44,46,56)/t23-/m0/s1. The lowest BCUT2D eigenvalue weighted by Gasteiger charge is -2.27. The van der Waals surface area contributed by atoms with Crippen LogP contribution in [0.5, 0.6) is 11.5 Å². The molecule has 1 aliphatic heterocycles. The van der Waals surface area contributed by atoms with Crippen molar-refractivity contribution in [1.29, 1.82) is 0 Å². The highest BCUT2D eigenvalue weighted by molar-refractivity contribution is 6.34. The molecule has 0 fully saturated rings. The molecular formula is C38H44ClN13O6. The zero-order chi connectivity index (χ0) is 41.4. The number of aryl methyl sites for hydroxylation is 5. The minimum atomic E-state index is -0.667. The number of benzene rings is 2. The van der Waals surface area contributed by atoms with Crippen LogP contribution in [0.1, 0.15) is 92.2 Å². The molecule has 304 valence electrons. The second-order valence-electron chi connectivity index (χ2n) is 13.9. The summed E-state index contributed by atoms with van der Waals surface area (Å²) < 4.78 is 19.2. The average Bonchev–Trinajstić information content (AvgIpc) is 3.94. The van der Waals surface area contributed by atoms with Crippen LogP contribution in [0.2, 0.25) is 5.02 Å². The summed E-state index contributed by atoms with van der Waals surface area (Å²) in [4.78, 5) is 61.6. The maximum Gasteiger partial charge on any atom is 0.277 e. The number of amides is 4. The Morgan fingerprint density at radius 3 is 2.24 bits per heavy atom. The van der Waals surface area contributed by atoms with Gasteiger partial charge in [-0.05, 0) is 83.8 Å². The fourth-order valence-electron chi connectivity index (χ4n) is 7.21. The number of hydrogen-bond acceptors (Lipinski definition) is 11. The van der Waals surface area contributed by atoms with Gasteiger partial charge in [0.25, 0.3) is 11.8 Å². The highest BCUT2D eigenvalue weighted by atomic mass is 35.5. The van der Waals surface area contributed by atoms with E-state index in [-0.39, 0.29) is 53.0 Å². The van der Waals surface area contributed by atoms with Gasteiger partial charge in [0.05, 0.1) is 40.1 Å². The van der Waals surface area contributed by atoms with E-state index >= 15 is 0 Å². The molecule has 6 aromatic rings. The molecule has 5 heterocycles. The van der Waals surface area contributed by atoms with Crippen LogP contribution >= 0.6 is 11.6 Å². The molecule has 0 spiro atoms. The summed E-state index contributed by atoms with van der Waals surface area (Å²) in [6.07, 6.45) is 1.52. The number of halogens is 1. The number of imidazole rings is 2. The molecule has 0 saturated carbocycles. The van der Waals surface area contributed by atoms with Gasteiger partial charge >= 0.3 is 0 Å².